The maximum atomic E-state index is 13.3. The van der Waals surface area contributed by atoms with E-state index in [0.29, 0.717) is 11.0 Å². The molecule has 0 amide bonds. The van der Waals surface area contributed by atoms with E-state index in [2.05, 4.69) is 26.2 Å². The molecule has 3 nitrogen and oxygen atoms in total. The van der Waals surface area contributed by atoms with Crippen molar-refractivity contribution in [2.24, 2.45) is 0 Å². The summed E-state index contributed by atoms with van der Waals surface area (Å²) in [5, 5.41) is 8.05. The van der Waals surface area contributed by atoms with Gasteiger partial charge in [-0.1, -0.05) is 38.8 Å². The number of hydrogen-bond acceptors (Lipinski definition) is 2. The zero-order valence-electron chi connectivity index (χ0n) is 11.8. The summed E-state index contributed by atoms with van der Waals surface area (Å²) in [5.41, 5.74) is 0.586. The van der Waals surface area contributed by atoms with Gasteiger partial charge in [-0.15, -0.1) is 5.10 Å². The molecule has 0 bridgehead atoms. The third-order valence-corrected chi connectivity index (χ3v) is 4.30. The minimum absolute atomic E-state index is 0.0412. The molecule has 1 atom stereocenters. The van der Waals surface area contributed by atoms with Gasteiger partial charge in [-0.3, -0.25) is 0 Å². The predicted octanol–water partition coefficient (Wildman–Crippen LogP) is 5.48. The molecule has 0 fully saturated rings. The fraction of sp³-hybridized carbons (Fsp3) is 0.200. The highest BCUT2D eigenvalue weighted by Crippen LogP contribution is 2.37. The molecule has 1 aromatic heterocycles. The lowest BCUT2D eigenvalue weighted by molar-refractivity contribution is -0.138. The average molecular weight is 405 g/mol. The number of fused-ring (bicyclic) bond motifs is 1. The molecule has 1 unspecified atom stereocenters. The summed E-state index contributed by atoms with van der Waals surface area (Å²) in [6.07, 6.45) is -4.49. The van der Waals surface area contributed by atoms with Crippen LogP contribution in [0.15, 0.2) is 40.9 Å². The molecule has 0 aliphatic heterocycles. The lowest BCUT2D eigenvalue weighted by atomic mass is 10.0. The number of rotatable bonds is 2. The summed E-state index contributed by atoms with van der Waals surface area (Å²) in [6.45, 7) is 1.65. The Hall–Kier alpha value is -1.60. The molecule has 0 saturated carbocycles. The summed E-state index contributed by atoms with van der Waals surface area (Å²) in [7, 11) is 0. The molecule has 0 saturated heterocycles. The van der Waals surface area contributed by atoms with Gasteiger partial charge in [0.1, 0.15) is 5.52 Å². The van der Waals surface area contributed by atoms with E-state index >= 15 is 0 Å². The number of nitrogens with zero attached hydrogens (tertiary/aromatic N) is 3. The first-order valence-corrected chi connectivity index (χ1v) is 7.81. The van der Waals surface area contributed by atoms with Gasteiger partial charge in [0, 0.05) is 9.50 Å². The summed E-state index contributed by atoms with van der Waals surface area (Å²) >= 11 is 9.07. The van der Waals surface area contributed by atoms with Crippen LogP contribution >= 0.6 is 27.5 Å². The molecule has 2 aromatic carbocycles. The molecule has 23 heavy (non-hydrogen) atoms. The third-order valence-electron chi connectivity index (χ3n) is 3.57. The van der Waals surface area contributed by atoms with E-state index in [1.807, 2.05) is 0 Å². The lowest BCUT2D eigenvalue weighted by Gasteiger charge is -2.19. The Balaban J connectivity index is 2.16. The first-order chi connectivity index (χ1) is 10.8. The monoisotopic (exact) mass is 403 g/mol. The molecule has 3 rings (SSSR count). The SMILES string of the molecule is CC(c1ccc(Cl)cc1C(F)(F)F)n1nnc2ccc(Br)cc21. The smallest absolute Gasteiger partial charge is 0.237 e. The highest BCUT2D eigenvalue weighted by molar-refractivity contribution is 9.10. The number of aromatic nitrogens is 3. The number of alkyl halides is 3. The topological polar surface area (TPSA) is 30.7 Å². The summed E-state index contributed by atoms with van der Waals surface area (Å²) in [4.78, 5) is 0. The van der Waals surface area contributed by atoms with Crippen LogP contribution in [0, 0.1) is 0 Å². The zero-order chi connectivity index (χ0) is 16.8. The van der Waals surface area contributed by atoms with Crippen molar-refractivity contribution < 1.29 is 13.2 Å². The van der Waals surface area contributed by atoms with Crippen molar-refractivity contribution in [3.8, 4) is 0 Å². The Kier molecular flexibility index (Phi) is 4.10. The summed E-state index contributed by atoms with van der Waals surface area (Å²) in [6, 6.07) is 8.43. The fourth-order valence-electron chi connectivity index (χ4n) is 2.47. The molecular formula is C15H10BrClF3N3. The Labute approximate surface area is 143 Å². The second-order valence-electron chi connectivity index (χ2n) is 5.07. The summed E-state index contributed by atoms with van der Waals surface area (Å²) < 4.78 is 42.2. The van der Waals surface area contributed by atoms with Gasteiger partial charge in [-0.2, -0.15) is 13.2 Å². The highest BCUT2D eigenvalue weighted by Gasteiger charge is 2.35. The normalized spacial score (nSPS) is 13.5. The van der Waals surface area contributed by atoms with Gasteiger partial charge in [-0.05, 0) is 42.8 Å². The molecule has 1 heterocycles. The van der Waals surface area contributed by atoms with Crippen molar-refractivity contribution in [3.63, 3.8) is 0 Å². The van der Waals surface area contributed by atoms with E-state index in [1.54, 1.807) is 25.1 Å². The molecule has 0 radical (unpaired) electrons. The van der Waals surface area contributed by atoms with Gasteiger partial charge in [-0.25, -0.2) is 4.68 Å². The van der Waals surface area contributed by atoms with Gasteiger partial charge >= 0.3 is 6.18 Å². The van der Waals surface area contributed by atoms with Crippen molar-refractivity contribution in [1.29, 1.82) is 0 Å². The third kappa shape index (κ3) is 3.07. The molecular weight excluding hydrogens is 395 g/mol. The number of benzene rings is 2. The van der Waals surface area contributed by atoms with Crippen LogP contribution in [0.1, 0.15) is 24.1 Å². The van der Waals surface area contributed by atoms with Crippen molar-refractivity contribution in [2.75, 3.05) is 0 Å². The highest BCUT2D eigenvalue weighted by atomic mass is 79.9. The Morgan fingerprint density at radius 1 is 1.17 bits per heavy atom. The molecule has 8 heteroatoms. The first-order valence-electron chi connectivity index (χ1n) is 6.64. The molecule has 0 spiro atoms. The van der Waals surface area contributed by atoms with Gasteiger partial charge in [0.25, 0.3) is 0 Å². The minimum Gasteiger partial charge on any atom is -0.237 e. The van der Waals surface area contributed by atoms with Crippen LogP contribution in [-0.2, 0) is 6.18 Å². The zero-order valence-corrected chi connectivity index (χ0v) is 14.1. The van der Waals surface area contributed by atoms with E-state index in [1.165, 1.54) is 16.8 Å². The first kappa shape index (κ1) is 16.3. The van der Waals surface area contributed by atoms with Gasteiger partial charge in [0.15, 0.2) is 0 Å². The van der Waals surface area contributed by atoms with Crippen molar-refractivity contribution in [3.05, 3.63) is 57.0 Å². The van der Waals surface area contributed by atoms with Crippen LogP contribution in [0.4, 0.5) is 13.2 Å². The van der Waals surface area contributed by atoms with Crippen molar-refractivity contribution in [1.82, 2.24) is 15.0 Å². The molecule has 0 aliphatic rings. The van der Waals surface area contributed by atoms with E-state index in [0.717, 1.165) is 10.5 Å². The molecule has 3 aromatic rings. The molecule has 120 valence electrons. The van der Waals surface area contributed by atoms with Crippen LogP contribution < -0.4 is 0 Å². The average Bonchev–Trinajstić information content (AvgIpc) is 2.88. The van der Waals surface area contributed by atoms with Crippen LogP contribution in [-0.4, -0.2) is 15.0 Å². The van der Waals surface area contributed by atoms with Crippen LogP contribution in [0.25, 0.3) is 11.0 Å². The Morgan fingerprint density at radius 2 is 1.91 bits per heavy atom. The van der Waals surface area contributed by atoms with E-state index < -0.39 is 17.8 Å². The van der Waals surface area contributed by atoms with Gasteiger partial charge < -0.3 is 0 Å². The fourth-order valence-corrected chi connectivity index (χ4v) is 2.99. The Morgan fingerprint density at radius 3 is 2.61 bits per heavy atom. The number of halogens is 5. The van der Waals surface area contributed by atoms with Gasteiger partial charge in [0.2, 0.25) is 0 Å². The second kappa shape index (κ2) is 5.79. The summed E-state index contributed by atoms with van der Waals surface area (Å²) in [5.74, 6) is 0. The molecule has 0 aliphatic carbocycles. The van der Waals surface area contributed by atoms with Crippen LogP contribution in [0.2, 0.25) is 5.02 Å². The van der Waals surface area contributed by atoms with Crippen molar-refractivity contribution in [2.45, 2.75) is 19.1 Å². The minimum atomic E-state index is -4.49. The predicted molar refractivity (Wildman–Crippen MR) is 85.5 cm³/mol. The van der Waals surface area contributed by atoms with Crippen LogP contribution in [0.5, 0.6) is 0 Å². The van der Waals surface area contributed by atoms with Crippen LogP contribution in [0.3, 0.4) is 0 Å². The maximum Gasteiger partial charge on any atom is 0.416 e. The lowest BCUT2D eigenvalue weighted by Crippen LogP contribution is -2.16. The molecule has 0 N–H and O–H groups in total. The van der Waals surface area contributed by atoms with E-state index in [4.69, 9.17) is 11.6 Å². The maximum absolute atomic E-state index is 13.3. The van der Waals surface area contributed by atoms with Crippen molar-refractivity contribution >= 4 is 38.6 Å². The largest absolute Gasteiger partial charge is 0.416 e. The standard InChI is InChI=1S/C15H10BrClF3N3/c1-8(11-4-3-10(17)7-12(11)15(18,19)20)23-14-6-9(16)2-5-13(14)21-22-23/h2-8H,1H3. The quantitative estimate of drug-likeness (QED) is 0.566. The van der Waals surface area contributed by atoms with E-state index in [9.17, 15) is 13.2 Å². The van der Waals surface area contributed by atoms with E-state index in [-0.39, 0.29) is 10.6 Å². The Bertz CT molecular complexity index is 876. The number of hydrogen-bond donors (Lipinski definition) is 0. The van der Waals surface area contributed by atoms with Gasteiger partial charge in [0.05, 0.1) is 17.1 Å². The second-order valence-corrected chi connectivity index (χ2v) is 6.42.